The van der Waals surface area contributed by atoms with Gasteiger partial charge in [0.05, 0.1) is 0 Å². The largest absolute Gasteiger partial charge is 0.151 e. The molecule has 54 valence electrons. The van der Waals surface area contributed by atoms with Crippen LogP contribution in [0.3, 0.4) is 0 Å². The Morgan fingerprint density at radius 3 is 2.11 bits per heavy atom. The third-order valence-corrected chi connectivity index (χ3v) is 2.50. The highest BCUT2D eigenvalue weighted by Gasteiger charge is 2.21. The molecule has 0 bridgehead atoms. The van der Waals surface area contributed by atoms with Crippen LogP contribution in [-0.4, -0.2) is 3.41 Å². The van der Waals surface area contributed by atoms with E-state index in [2.05, 4.69) is 44.5 Å². The first kappa shape index (κ1) is 9.79. The van der Waals surface area contributed by atoms with Crippen LogP contribution < -0.4 is 0 Å². The molecule has 0 aromatic carbocycles. The fourth-order valence-electron chi connectivity index (χ4n) is 0.408. The molecule has 0 aliphatic carbocycles. The maximum Gasteiger partial charge on any atom is 0.101 e. The van der Waals surface area contributed by atoms with E-state index in [4.69, 9.17) is 0 Å². The van der Waals surface area contributed by atoms with Gasteiger partial charge < -0.3 is 0 Å². The molecule has 0 saturated carbocycles. The van der Waals surface area contributed by atoms with Gasteiger partial charge in [-0.25, -0.2) is 0 Å². The number of thiol groups is 3. The van der Waals surface area contributed by atoms with E-state index in [0.717, 1.165) is 6.42 Å². The first-order valence-corrected chi connectivity index (χ1v) is 4.10. The van der Waals surface area contributed by atoms with Crippen molar-refractivity contribution in [3.05, 3.63) is 12.7 Å². The van der Waals surface area contributed by atoms with Crippen molar-refractivity contribution < 1.29 is 0 Å². The monoisotopic (exact) mass is 180 g/mol. The molecule has 0 aliphatic heterocycles. The molecule has 3 heteroatoms. The van der Waals surface area contributed by atoms with E-state index in [1.54, 1.807) is 0 Å². The summed E-state index contributed by atoms with van der Waals surface area (Å²) < 4.78 is -0.478. The van der Waals surface area contributed by atoms with Gasteiger partial charge in [-0.2, -0.15) is 37.9 Å². The van der Waals surface area contributed by atoms with Crippen molar-refractivity contribution in [3.8, 4) is 0 Å². The van der Waals surface area contributed by atoms with Crippen LogP contribution in [0.2, 0.25) is 0 Å². The highest BCUT2D eigenvalue weighted by atomic mass is 32.2. The van der Waals surface area contributed by atoms with E-state index < -0.39 is 3.41 Å². The summed E-state index contributed by atoms with van der Waals surface area (Å²) in [4.78, 5) is 0. The SMILES string of the molecule is C=CCC(C)C(S)(S)S. The topological polar surface area (TPSA) is 0 Å². The van der Waals surface area contributed by atoms with E-state index in [-0.39, 0.29) is 0 Å². The van der Waals surface area contributed by atoms with E-state index in [0.29, 0.717) is 5.92 Å². The third kappa shape index (κ3) is 4.23. The van der Waals surface area contributed by atoms with Crippen molar-refractivity contribution in [2.24, 2.45) is 5.92 Å². The van der Waals surface area contributed by atoms with Crippen LogP contribution in [-0.2, 0) is 0 Å². The second kappa shape index (κ2) is 3.84. The van der Waals surface area contributed by atoms with E-state index in [1.165, 1.54) is 0 Å². The van der Waals surface area contributed by atoms with Gasteiger partial charge in [-0.15, -0.1) is 6.58 Å². The fourth-order valence-corrected chi connectivity index (χ4v) is 0.724. The highest BCUT2D eigenvalue weighted by Crippen LogP contribution is 2.34. The summed E-state index contributed by atoms with van der Waals surface area (Å²) in [5.41, 5.74) is 0. The Hall–Kier alpha value is 0.790. The summed E-state index contributed by atoms with van der Waals surface area (Å²) >= 11 is 12.5. The molecule has 9 heavy (non-hydrogen) atoms. The quantitative estimate of drug-likeness (QED) is 0.332. The van der Waals surface area contributed by atoms with Crippen molar-refractivity contribution in [2.45, 2.75) is 16.8 Å². The molecule has 0 spiro atoms. The first-order chi connectivity index (χ1) is 3.98. The van der Waals surface area contributed by atoms with Crippen molar-refractivity contribution in [1.82, 2.24) is 0 Å². The molecule has 0 heterocycles. The number of allylic oxidation sites excluding steroid dienone is 1. The second-order valence-electron chi connectivity index (χ2n) is 2.11. The molecule has 1 atom stereocenters. The molecule has 0 aliphatic rings. The summed E-state index contributed by atoms with van der Waals surface area (Å²) in [7, 11) is 0. The summed E-state index contributed by atoms with van der Waals surface area (Å²) in [6.45, 7) is 5.65. The summed E-state index contributed by atoms with van der Waals surface area (Å²) in [5, 5.41) is 0. The molecule has 0 radical (unpaired) electrons. The molecule has 0 N–H and O–H groups in total. The minimum absolute atomic E-state index is 0.338. The van der Waals surface area contributed by atoms with E-state index in [1.807, 2.05) is 13.0 Å². The van der Waals surface area contributed by atoms with Crippen molar-refractivity contribution in [2.75, 3.05) is 0 Å². The summed E-state index contributed by atoms with van der Waals surface area (Å²) in [6.07, 6.45) is 2.75. The minimum atomic E-state index is -0.478. The molecule has 0 fully saturated rings. The predicted octanol–water partition coefficient (Wildman–Crippen LogP) is 2.64. The summed E-state index contributed by atoms with van der Waals surface area (Å²) in [5.74, 6) is 0.338. The van der Waals surface area contributed by atoms with Crippen LogP contribution in [0, 0.1) is 5.92 Å². The lowest BCUT2D eigenvalue weighted by molar-refractivity contribution is 0.633. The Kier molecular flexibility index (Phi) is 4.17. The van der Waals surface area contributed by atoms with Gasteiger partial charge in [0.1, 0.15) is 3.41 Å². The Bertz CT molecular complexity index is 93.0. The molecule has 0 nitrogen and oxygen atoms in total. The lowest BCUT2D eigenvalue weighted by Crippen LogP contribution is -2.14. The van der Waals surface area contributed by atoms with Crippen molar-refractivity contribution in [1.29, 1.82) is 0 Å². The van der Waals surface area contributed by atoms with Crippen LogP contribution >= 0.6 is 37.9 Å². The molecule has 0 saturated heterocycles. The standard InChI is InChI=1S/C6H12S3/c1-3-4-5(2)6(7,8)9/h3,5,7-9H,1,4H2,2H3. The van der Waals surface area contributed by atoms with Gasteiger partial charge in [-0.1, -0.05) is 13.0 Å². The zero-order chi connectivity index (χ0) is 7.49. The summed E-state index contributed by atoms with van der Waals surface area (Å²) in [6, 6.07) is 0. The Morgan fingerprint density at radius 2 is 2.00 bits per heavy atom. The minimum Gasteiger partial charge on any atom is -0.151 e. The Morgan fingerprint density at radius 1 is 1.56 bits per heavy atom. The number of hydrogen-bond acceptors (Lipinski definition) is 3. The first-order valence-electron chi connectivity index (χ1n) is 2.76. The van der Waals surface area contributed by atoms with Crippen molar-refractivity contribution in [3.63, 3.8) is 0 Å². The molecular weight excluding hydrogens is 168 g/mol. The lowest BCUT2D eigenvalue weighted by Gasteiger charge is -2.22. The molecule has 0 amide bonds. The molecule has 1 unspecified atom stereocenters. The van der Waals surface area contributed by atoms with Crippen molar-refractivity contribution >= 4 is 37.9 Å². The zero-order valence-electron chi connectivity index (χ0n) is 5.41. The maximum atomic E-state index is 4.16. The van der Waals surface area contributed by atoms with Gasteiger partial charge in [0, 0.05) is 0 Å². The van der Waals surface area contributed by atoms with E-state index in [9.17, 15) is 0 Å². The smallest absolute Gasteiger partial charge is 0.101 e. The average Bonchev–Trinajstić information content (AvgIpc) is 1.64. The van der Waals surface area contributed by atoms with Gasteiger partial charge in [-0.05, 0) is 12.3 Å². The Balaban J connectivity index is 3.72. The number of hydrogen-bond donors (Lipinski definition) is 3. The van der Waals surface area contributed by atoms with Gasteiger partial charge in [-0.3, -0.25) is 0 Å². The van der Waals surface area contributed by atoms with Crippen LogP contribution in [0.25, 0.3) is 0 Å². The molecule has 0 aromatic heterocycles. The second-order valence-corrected chi connectivity index (χ2v) is 5.29. The Labute approximate surface area is 73.3 Å². The molecule has 0 rings (SSSR count). The van der Waals surface area contributed by atoms with Gasteiger partial charge in [0.15, 0.2) is 0 Å². The zero-order valence-corrected chi connectivity index (χ0v) is 8.09. The van der Waals surface area contributed by atoms with E-state index >= 15 is 0 Å². The third-order valence-electron chi connectivity index (χ3n) is 1.18. The molecule has 0 aromatic rings. The van der Waals surface area contributed by atoms with Crippen LogP contribution in [0.15, 0.2) is 12.7 Å². The average molecular weight is 180 g/mol. The van der Waals surface area contributed by atoms with Crippen LogP contribution in [0.1, 0.15) is 13.3 Å². The lowest BCUT2D eigenvalue weighted by atomic mass is 10.1. The van der Waals surface area contributed by atoms with Gasteiger partial charge >= 0.3 is 0 Å². The van der Waals surface area contributed by atoms with Crippen LogP contribution in [0.4, 0.5) is 0 Å². The predicted molar refractivity (Wildman–Crippen MR) is 53.7 cm³/mol. The van der Waals surface area contributed by atoms with Gasteiger partial charge in [0.25, 0.3) is 0 Å². The normalized spacial score (nSPS) is 15.1. The maximum absolute atomic E-state index is 4.16. The molecular formula is C6H12S3. The highest BCUT2D eigenvalue weighted by molar-refractivity contribution is 8.16. The van der Waals surface area contributed by atoms with Gasteiger partial charge in [0.2, 0.25) is 0 Å². The number of rotatable bonds is 3. The van der Waals surface area contributed by atoms with Crippen LogP contribution in [0.5, 0.6) is 0 Å². The fraction of sp³-hybridized carbons (Fsp3) is 0.667.